The lowest BCUT2D eigenvalue weighted by molar-refractivity contribution is -0.122. The zero-order chi connectivity index (χ0) is 14.3. The maximum atomic E-state index is 12.4. The lowest BCUT2D eigenvalue weighted by Gasteiger charge is -2.33. The van der Waals surface area contributed by atoms with Gasteiger partial charge in [0.25, 0.3) is 5.91 Å². The third-order valence-corrected chi connectivity index (χ3v) is 4.11. The van der Waals surface area contributed by atoms with Crippen molar-refractivity contribution in [3.05, 3.63) is 58.6 Å². The van der Waals surface area contributed by atoms with Gasteiger partial charge in [0.15, 0.2) is 5.54 Å². The first-order chi connectivity index (χ1) is 9.53. The van der Waals surface area contributed by atoms with Crippen LogP contribution < -0.4 is 10.4 Å². The maximum Gasteiger partial charge on any atom is 0.257 e. The first kappa shape index (κ1) is 13.1. The molecule has 3 rings (SSSR count). The highest BCUT2D eigenvalue weighted by molar-refractivity contribution is 9.10. The van der Waals surface area contributed by atoms with Gasteiger partial charge in [-0.25, -0.2) is 5.06 Å². The Morgan fingerprint density at radius 2 is 1.90 bits per heavy atom. The molecule has 20 heavy (non-hydrogen) atoms. The Labute approximate surface area is 125 Å². The summed E-state index contributed by atoms with van der Waals surface area (Å²) in [4.78, 5) is 12.4. The van der Waals surface area contributed by atoms with Crippen LogP contribution in [0.15, 0.2) is 53.0 Å². The Bertz CT molecular complexity index is 675. The van der Waals surface area contributed by atoms with Crippen LogP contribution in [-0.2, 0) is 10.3 Å². The number of hydrogen-bond donors (Lipinski definition) is 2. The normalized spacial score (nSPS) is 20.4. The SMILES string of the molecule is C[C@]1(N(O)c2ccccc2)C(=O)Nc2ccc(Br)cc21. The maximum absolute atomic E-state index is 12.4. The minimum atomic E-state index is -1.15. The minimum Gasteiger partial charge on any atom is -0.323 e. The molecule has 2 aromatic carbocycles. The van der Waals surface area contributed by atoms with E-state index in [2.05, 4.69) is 21.2 Å². The summed E-state index contributed by atoms with van der Waals surface area (Å²) in [5.41, 5.74) is 0.873. The van der Waals surface area contributed by atoms with Crippen LogP contribution in [0.1, 0.15) is 12.5 Å². The number of benzene rings is 2. The largest absolute Gasteiger partial charge is 0.323 e. The van der Waals surface area contributed by atoms with E-state index in [9.17, 15) is 10.0 Å². The minimum absolute atomic E-state index is 0.253. The molecule has 1 heterocycles. The number of carbonyl (C=O) groups is 1. The quantitative estimate of drug-likeness (QED) is 0.827. The second kappa shape index (κ2) is 4.61. The molecular weight excluding hydrogens is 320 g/mol. The molecule has 0 unspecified atom stereocenters. The number of hydroxylamine groups is 1. The molecule has 1 amide bonds. The van der Waals surface area contributed by atoms with E-state index in [-0.39, 0.29) is 5.91 Å². The van der Waals surface area contributed by atoms with Crippen molar-refractivity contribution in [1.82, 2.24) is 0 Å². The molecule has 0 bridgehead atoms. The molecule has 1 aliphatic rings. The summed E-state index contributed by atoms with van der Waals surface area (Å²) >= 11 is 3.40. The number of rotatable bonds is 2. The third-order valence-electron chi connectivity index (χ3n) is 3.62. The summed E-state index contributed by atoms with van der Waals surface area (Å²) in [7, 11) is 0. The summed E-state index contributed by atoms with van der Waals surface area (Å²) in [6, 6.07) is 14.5. The molecule has 0 saturated carbocycles. The van der Waals surface area contributed by atoms with Gasteiger partial charge < -0.3 is 5.32 Å². The predicted molar refractivity (Wildman–Crippen MR) is 80.8 cm³/mol. The molecular formula is C15H13BrN2O2. The van der Waals surface area contributed by atoms with Crippen LogP contribution in [0, 0.1) is 0 Å². The van der Waals surface area contributed by atoms with Crippen molar-refractivity contribution in [3.8, 4) is 0 Å². The van der Waals surface area contributed by atoms with E-state index in [1.165, 1.54) is 0 Å². The van der Waals surface area contributed by atoms with Crippen LogP contribution in [0.5, 0.6) is 0 Å². The van der Waals surface area contributed by atoms with Crippen molar-refractivity contribution in [2.45, 2.75) is 12.5 Å². The second-order valence-corrected chi connectivity index (χ2v) is 5.78. The first-order valence-corrected chi connectivity index (χ1v) is 6.98. The average molecular weight is 333 g/mol. The number of halogens is 1. The number of amides is 1. The number of para-hydroxylation sites is 1. The number of nitrogens with one attached hydrogen (secondary N) is 1. The average Bonchev–Trinajstić information content (AvgIpc) is 2.72. The number of nitrogens with zero attached hydrogens (tertiary/aromatic N) is 1. The highest BCUT2D eigenvalue weighted by atomic mass is 79.9. The van der Waals surface area contributed by atoms with E-state index in [0.717, 1.165) is 20.8 Å². The van der Waals surface area contributed by atoms with Crippen molar-refractivity contribution >= 4 is 33.2 Å². The van der Waals surface area contributed by atoms with Gasteiger partial charge in [0, 0.05) is 15.7 Å². The molecule has 0 spiro atoms. The Morgan fingerprint density at radius 1 is 1.20 bits per heavy atom. The van der Waals surface area contributed by atoms with Crippen LogP contribution in [0.4, 0.5) is 11.4 Å². The van der Waals surface area contributed by atoms with Gasteiger partial charge in [-0.15, -0.1) is 0 Å². The molecule has 0 aromatic heterocycles. The van der Waals surface area contributed by atoms with Crippen LogP contribution in [0.3, 0.4) is 0 Å². The summed E-state index contributed by atoms with van der Waals surface area (Å²) < 4.78 is 0.862. The monoisotopic (exact) mass is 332 g/mol. The highest BCUT2D eigenvalue weighted by Gasteiger charge is 2.48. The van der Waals surface area contributed by atoms with Gasteiger partial charge in [0.05, 0.1) is 5.69 Å². The molecule has 2 N–H and O–H groups in total. The highest BCUT2D eigenvalue weighted by Crippen LogP contribution is 2.42. The molecule has 0 saturated heterocycles. The van der Waals surface area contributed by atoms with Crippen LogP contribution >= 0.6 is 15.9 Å². The van der Waals surface area contributed by atoms with Crippen LogP contribution in [0.2, 0.25) is 0 Å². The van der Waals surface area contributed by atoms with E-state index < -0.39 is 5.54 Å². The first-order valence-electron chi connectivity index (χ1n) is 6.19. The Hall–Kier alpha value is -1.85. The Morgan fingerprint density at radius 3 is 2.60 bits per heavy atom. The second-order valence-electron chi connectivity index (χ2n) is 4.86. The standard InChI is InChI=1S/C15H13BrN2O2/c1-15(18(20)11-5-3-2-4-6-11)12-9-10(16)7-8-13(12)17-14(15)19/h2-9,20H,1H3,(H,17,19)/t15-/m1/s1. The van der Waals surface area contributed by atoms with E-state index >= 15 is 0 Å². The lowest BCUT2D eigenvalue weighted by atomic mass is 9.92. The topological polar surface area (TPSA) is 52.6 Å². The summed E-state index contributed by atoms with van der Waals surface area (Å²) in [6.07, 6.45) is 0. The molecule has 5 heteroatoms. The van der Waals surface area contributed by atoms with Crippen LogP contribution in [0.25, 0.3) is 0 Å². The zero-order valence-electron chi connectivity index (χ0n) is 10.8. The van der Waals surface area contributed by atoms with Gasteiger partial charge in [-0.2, -0.15) is 0 Å². The van der Waals surface area contributed by atoms with E-state index in [1.807, 2.05) is 36.4 Å². The molecule has 4 nitrogen and oxygen atoms in total. The fourth-order valence-corrected chi connectivity index (χ4v) is 2.79. The smallest absolute Gasteiger partial charge is 0.257 e. The van der Waals surface area contributed by atoms with E-state index in [0.29, 0.717) is 5.69 Å². The molecule has 0 aliphatic carbocycles. The van der Waals surface area contributed by atoms with E-state index in [4.69, 9.17) is 0 Å². The van der Waals surface area contributed by atoms with Crippen molar-refractivity contribution in [3.63, 3.8) is 0 Å². The Kier molecular flexibility index (Phi) is 3.03. The molecule has 1 aliphatic heterocycles. The van der Waals surface area contributed by atoms with Gasteiger partial charge >= 0.3 is 0 Å². The number of carbonyl (C=O) groups excluding carboxylic acids is 1. The number of anilines is 2. The van der Waals surface area contributed by atoms with E-state index in [1.54, 1.807) is 19.1 Å². The van der Waals surface area contributed by atoms with Gasteiger partial charge in [0.1, 0.15) is 0 Å². The summed E-state index contributed by atoms with van der Waals surface area (Å²) in [5.74, 6) is -0.253. The number of hydrogen-bond acceptors (Lipinski definition) is 3. The fourth-order valence-electron chi connectivity index (χ4n) is 2.43. The van der Waals surface area contributed by atoms with Crippen LogP contribution in [-0.4, -0.2) is 11.1 Å². The lowest BCUT2D eigenvalue weighted by Crippen LogP contribution is -2.47. The molecule has 1 atom stereocenters. The summed E-state index contributed by atoms with van der Waals surface area (Å²) in [5, 5.41) is 14.4. The van der Waals surface area contributed by atoms with Crippen molar-refractivity contribution in [2.75, 3.05) is 10.4 Å². The molecule has 102 valence electrons. The van der Waals surface area contributed by atoms with Gasteiger partial charge in [0.2, 0.25) is 0 Å². The number of fused-ring (bicyclic) bond motifs is 1. The zero-order valence-corrected chi connectivity index (χ0v) is 12.4. The molecule has 0 fully saturated rings. The van der Waals surface area contributed by atoms with Crippen molar-refractivity contribution < 1.29 is 10.0 Å². The van der Waals surface area contributed by atoms with Crippen molar-refractivity contribution in [2.24, 2.45) is 0 Å². The fraction of sp³-hybridized carbons (Fsp3) is 0.133. The Balaban J connectivity index is 2.13. The van der Waals surface area contributed by atoms with Gasteiger partial charge in [-0.1, -0.05) is 34.1 Å². The predicted octanol–water partition coefficient (Wildman–Crippen LogP) is 3.51. The molecule has 0 radical (unpaired) electrons. The van der Waals surface area contributed by atoms with Gasteiger partial charge in [-0.3, -0.25) is 10.0 Å². The molecule has 2 aromatic rings. The van der Waals surface area contributed by atoms with Crippen molar-refractivity contribution in [1.29, 1.82) is 0 Å². The van der Waals surface area contributed by atoms with Gasteiger partial charge in [-0.05, 0) is 37.3 Å². The summed E-state index contributed by atoms with van der Waals surface area (Å²) in [6.45, 7) is 1.70. The third kappa shape index (κ3) is 1.82.